The molecule has 0 aliphatic rings. The Morgan fingerprint density at radius 2 is 1.72 bits per heavy atom. The second-order valence-corrected chi connectivity index (χ2v) is 6.98. The van der Waals surface area contributed by atoms with Gasteiger partial charge in [-0.2, -0.15) is 0 Å². The molecule has 0 radical (unpaired) electrons. The van der Waals surface area contributed by atoms with E-state index in [9.17, 15) is 4.79 Å². The van der Waals surface area contributed by atoms with E-state index in [-0.39, 0.29) is 12.3 Å². The summed E-state index contributed by atoms with van der Waals surface area (Å²) in [5.41, 5.74) is 3.13. The number of hydrogen-bond donors (Lipinski definition) is 2. The number of rotatable bonds is 8. The number of carbonyl (C=O) groups is 1. The van der Waals surface area contributed by atoms with E-state index in [4.69, 9.17) is 14.2 Å². The van der Waals surface area contributed by atoms with Gasteiger partial charge in [0, 0.05) is 18.0 Å². The highest BCUT2D eigenvalue weighted by molar-refractivity contribution is 7.14. The number of ether oxygens (including phenoxy) is 3. The fraction of sp³-hybridized carbons (Fsp3) is 0.238. The van der Waals surface area contributed by atoms with Gasteiger partial charge in [-0.05, 0) is 35.9 Å². The molecule has 0 spiro atoms. The molecule has 0 atom stereocenters. The van der Waals surface area contributed by atoms with Gasteiger partial charge in [-0.25, -0.2) is 4.98 Å². The predicted molar refractivity (Wildman–Crippen MR) is 116 cm³/mol. The first-order valence-electron chi connectivity index (χ1n) is 8.90. The van der Waals surface area contributed by atoms with Crippen molar-refractivity contribution in [3.8, 4) is 28.5 Å². The third-order valence-electron chi connectivity index (χ3n) is 4.30. The number of amides is 1. The summed E-state index contributed by atoms with van der Waals surface area (Å²) >= 11 is 1.52. The van der Waals surface area contributed by atoms with Gasteiger partial charge in [0.1, 0.15) is 5.75 Å². The molecule has 0 fully saturated rings. The largest absolute Gasteiger partial charge is 0.495 e. The van der Waals surface area contributed by atoms with Crippen LogP contribution in [0.1, 0.15) is 5.56 Å². The second kappa shape index (κ2) is 9.29. The molecule has 0 saturated heterocycles. The maximum Gasteiger partial charge on any atom is 0.228 e. The molecule has 0 aliphatic heterocycles. The maximum atomic E-state index is 12.6. The Bertz CT molecular complexity index is 1000. The average molecular weight is 413 g/mol. The third-order valence-corrected chi connectivity index (χ3v) is 5.16. The van der Waals surface area contributed by atoms with Crippen LogP contribution in [0.25, 0.3) is 11.3 Å². The highest BCUT2D eigenvalue weighted by Crippen LogP contribution is 2.32. The van der Waals surface area contributed by atoms with E-state index < -0.39 is 0 Å². The molecular weight excluding hydrogens is 390 g/mol. The van der Waals surface area contributed by atoms with Crippen molar-refractivity contribution in [3.63, 3.8) is 0 Å². The Hall–Kier alpha value is -3.26. The molecule has 0 saturated carbocycles. The lowest BCUT2D eigenvalue weighted by Crippen LogP contribution is -2.15. The normalized spacial score (nSPS) is 10.3. The minimum atomic E-state index is -0.165. The maximum absolute atomic E-state index is 12.6. The van der Waals surface area contributed by atoms with Gasteiger partial charge < -0.3 is 24.8 Å². The molecule has 3 aromatic rings. The third kappa shape index (κ3) is 4.78. The second-order valence-electron chi connectivity index (χ2n) is 6.12. The van der Waals surface area contributed by atoms with Crippen molar-refractivity contribution in [3.05, 3.63) is 47.3 Å². The van der Waals surface area contributed by atoms with Crippen LogP contribution >= 0.6 is 11.3 Å². The van der Waals surface area contributed by atoms with E-state index in [1.165, 1.54) is 11.3 Å². The summed E-state index contributed by atoms with van der Waals surface area (Å²) in [6, 6.07) is 11.0. The molecule has 152 valence electrons. The van der Waals surface area contributed by atoms with Crippen LogP contribution in [0.3, 0.4) is 0 Å². The van der Waals surface area contributed by atoms with Gasteiger partial charge in [-0.15, -0.1) is 11.3 Å². The number of methoxy groups -OCH3 is 3. The Morgan fingerprint density at radius 3 is 2.38 bits per heavy atom. The molecular formula is C21H23N3O4S. The molecule has 1 amide bonds. The number of nitrogens with zero attached hydrogens (tertiary/aromatic N) is 1. The summed E-state index contributed by atoms with van der Waals surface area (Å²) in [4.78, 5) is 17.1. The van der Waals surface area contributed by atoms with Gasteiger partial charge in [0.2, 0.25) is 5.91 Å². The first-order valence-corrected chi connectivity index (χ1v) is 9.78. The number of benzene rings is 2. The van der Waals surface area contributed by atoms with E-state index in [0.29, 0.717) is 22.9 Å². The molecule has 0 aliphatic carbocycles. The fourth-order valence-electron chi connectivity index (χ4n) is 2.86. The Balaban J connectivity index is 1.79. The summed E-state index contributed by atoms with van der Waals surface area (Å²) in [6.07, 6.45) is 0.189. The van der Waals surface area contributed by atoms with Crippen molar-refractivity contribution < 1.29 is 19.0 Å². The lowest BCUT2D eigenvalue weighted by molar-refractivity contribution is -0.115. The SMILES string of the molecule is CNc1nc(-c2ccc(OC)c(NC(=O)Cc3ccc(OC)c(OC)c3)c2)cs1. The van der Waals surface area contributed by atoms with Crippen LogP contribution in [0.4, 0.5) is 10.8 Å². The van der Waals surface area contributed by atoms with Crippen LogP contribution in [-0.4, -0.2) is 39.3 Å². The van der Waals surface area contributed by atoms with E-state index in [2.05, 4.69) is 15.6 Å². The van der Waals surface area contributed by atoms with Crippen LogP contribution in [0.15, 0.2) is 41.8 Å². The molecule has 2 N–H and O–H groups in total. The number of thiazole rings is 1. The monoisotopic (exact) mass is 413 g/mol. The minimum absolute atomic E-state index is 0.165. The van der Waals surface area contributed by atoms with Gasteiger partial charge in [0.15, 0.2) is 16.6 Å². The Kier molecular flexibility index (Phi) is 6.56. The quantitative estimate of drug-likeness (QED) is 0.580. The zero-order chi connectivity index (χ0) is 20.8. The standard InChI is InChI=1S/C21H23N3O4S/c1-22-21-24-16(12-29-21)14-6-8-17(26-2)15(11-14)23-20(25)10-13-5-7-18(27-3)19(9-13)28-4/h5-9,11-12H,10H2,1-4H3,(H,22,24)(H,23,25). The zero-order valence-electron chi connectivity index (χ0n) is 16.7. The molecule has 2 aromatic carbocycles. The van der Waals surface area contributed by atoms with Crippen LogP contribution in [0.5, 0.6) is 17.2 Å². The summed E-state index contributed by atoms with van der Waals surface area (Å²) < 4.78 is 15.9. The fourth-order valence-corrected chi connectivity index (χ4v) is 3.54. The van der Waals surface area contributed by atoms with Crippen molar-refractivity contribution in [2.75, 3.05) is 39.0 Å². The van der Waals surface area contributed by atoms with E-state index in [1.54, 1.807) is 33.5 Å². The number of aromatic nitrogens is 1. The van der Waals surface area contributed by atoms with Crippen LogP contribution in [-0.2, 0) is 11.2 Å². The van der Waals surface area contributed by atoms with Crippen molar-refractivity contribution in [2.45, 2.75) is 6.42 Å². The first-order chi connectivity index (χ1) is 14.1. The summed E-state index contributed by atoms with van der Waals surface area (Å²) in [6.45, 7) is 0. The van der Waals surface area contributed by atoms with Crippen LogP contribution < -0.4 is 24.8 Å². The van der Waals surface area contributed by atoms with E-state index in [1.807, 2.05) is 36.7 Å². The molecule has 7 nitrogen and oxygen atoms in total. The Labute approximate surface area is 173 Å². The molecule has 29 heavy (non-hydrogen) atoms. The molecule has 0 bridgehead atoms. The van der Waals surface area contributed by atoms with Crippen LogP contribution in [0, 0.1) is 0 Å². The first kappa shape index (κ1) is 20.5. The Morgan fingerprint density at radius 1 is 1.00 bits per heavy atom. The summed E-state index contributed by atoms with van der Waals surface area (Å²) in [5.74, 6) is 1.62. The number of carbonyl (C=O) groups excluding carboxylic acids is 1. The molecule has 3 rings (SSSR count). The minimum Gasteiger partial charge on any atom is -0.495 e. The lowest BCUT2D eigenvalue weighted by Gasteiger charge is -2.13. The topological polar surface area (TPSA) is 81.7 Å². The van der Waals surface area contributed by atoms with Gasteiger partial charge in [0.05, 0.1) is 39.1 Å². The molecule has 8 heteroatoms. The van der Waals surface area contributed by atoms with Gasteiger partial charge in [-0.1, -0.05) is 6.07 Å². The van der Waals surface area contributed by atoms with Gasteiger partial charge in [0.25, 0.3) is 0 Å². The van der Waals surface area contributed by atoms with Crippen molar-refractivity contribution >= 4 is 28.1 Å². The van der Waals surface area contributed by atoms with E-state index in [0.717, 1.165) is 22.0 Å². The molecule has 1 aromatic heterocycles. The van der Waals surface area contributed by atoms with Gasteiger partial charge >= 0.3 is 0 Å². The highest BCUT2D eigenvalue weighted by atomic mass is 32.1. The summed E-state index contributed by atoms with van der Waals surface area (Å²) in [5, 5.41) is 8.75. The summed E-state index contributed by atoms with van der Waals surface area (Å²) in [7, 11) is 6.54. The van der Waals surface area contributed by atoms with Gasteiger partial charge in [-0.3, -0.25) is 4.79 Å². The lowest BCUT2D eigenvalue weighted by atomic mass is 10.1. The molecule has 1 heterocycles. The van der Waals surface area contributed by atoms with Crippen molar-refractivity contribution in [1.29, 1.82) is 0 Å². The van der Waals surface area contributed by atoms with Crippen molar-refractivity contribution in [1.82, 2.24) is 4.98 Å². The predicted octanol–water partition coefficient (Wildman–Crippen LogP) is 4.06. The number of hydrogen-bond acceptors (Lipinski definition) is 7. The average Bonchev–Trinajstić information content (AvgIpc) is 3.23. The van der Waals surface area contributed by atoms with E-state index >= 15 is 0 Å². The van der Waals surface area contributed by atoms with Crippen molar-refractivity contribution in [2.24, 2.45) is 0 Å². The number of anilines is 2. The van der Waals surface area contributed by atoms with Crippen LogP contribution in [0.2, 0.25) is 0 Å². The zero-order valence-corrected chi connectivity index (χ0v) is 17.6. The highest BCUT2D eigenvalue weighted by Gasteiger charge is 2.13. The number of nitrogens with one attached hydrogen (secondary N) is 2. The molecule has 0 unspecified atom stereocenters. The smallest absolute Gasteiger partial charge is 0.228 e.